The highest BCUT2D eigenvalue weighted by Gasteiger charge is 2.38. The van der Waals surface area contributed by atoms with Crippen LogP contribution in [-0.4, -0.2) is 37.4 Å². The lowest BCUT2D eigenvalue weighted by molar-refractivity contribution is 0.0656. The zero-order valence-corrected chi connectivity index (χ0v) is 8.10. The van der Waals surface area contributed by atoms with Crippen LogP contribution in [0.2, 0.25) is 0 Å². The number of hydrogen-bond donors (Lipinski definition) is 3. The monoisotopic (exact) mass is 160 g/mol. The maximum atomic E-state index is 5.89. The SMILES string of the molecule is CNC(C)(C)C(N)(N)N(C)C. The Hall–Kier alpha value is -0.160. The minimum Gasteiger partial charge on any atom is -0.311 e. The zero-order chi connectivity index (χ0) is 9.28. The molecule has 11 heavy (non-hydrogen) atoms. The number of nitrogens with one attached hydrogen (secondary N) is 1. The third-order valence-corrected chi connectivity index (χ3v) is 2.37. The van der Waals surface area contributed by atoms with Crippen LogP contribution in [0.3, 0.4) is 0 Å². The molecular weight excluding hydrogens is 140 g/mol. The van der Waals surface area contributed by atoms with Gasteiger partial charge in [0, 0.05) is 0 Å². The van der Waals surface area contributed by atoms with Gasteiger partial charge in [0.25, 0.3) is 0 Å². The fourth-order valence-corrected chi connectivity index (χ4v) is 0.759. The third kappa shape index (κ3) is 1.90. The molecule has 0 spiro atoms. The second-order valence-corrected chi connectivity index (χ2v) is 3.59. The molecular formula is C7H20N4. The van der Waals surface area contributed by atoms with Gasteiger partial charge in [0.1, 0.15) is 5.79 Å². The summed E-state index contributed by atoms with van der Waals surface area (Å²) in [5, 5.41) is 3.07. The molecule has 5 N–H and O–H groups in total. The fourth-order valence-electron chi connectivity index (χ4n) is 0.759. The van der Waals surface area contributed by atoms with Crippen LogP contribution in [-0.2, 0) is 0 Å². The van der Waals surface area contributed by atoms with E-state index in [4.69, 9.17) is 11.5 Å². The first-order chi connectivity index (χ1) is 4.75. The highest BCUT2D eigenvalue weighted by Crippen LogP contribution is 2.14. The van der Waals surface area contributed by atoms with Gasteiger partial charge >= 0.3 is 0 Å². The first-order valence-corrected chi connectivity index (χ1v) is 3.70. The van der Waals surface area contributed by atoms with E-state index in [1.165, 1.54) is 0 Å². The minimum absolute atomic E-state index is 0.309. The van der Waals surface area contributed by atoms with E-state index < -0.39 is 5.79 Å². The zero-order valence-electron chi connectivity index (χ0n) is 8.10. The summed E-state index contributed by atoms with van der Waals surface area (Å²) >= 11 is 0. The van der Waals surface area contributed by atoms with Gasteiger partial charge in [-0.3, -0.25) is 16.4 Å². The van der Waals surface area contributed by atoms with Crippen LogP contribution in [0.15, 0.2) is 0 Å². The van der Waals surface area contributed by atoms with Gasteiger partial charge in [-0.2, -0.15) is 0 Å². The van der Waals surface area contributed by atoms with Gasteiger partial charge in [0.2, 0.25) is 0 Å². The topological polar surface area (TPSA) is 67.3 Å². The summed E-state index contributed by atoms with van der Waals surface area (Å²) in [4.78, 5) is 1.80. The lowest BCUT2D eigenvalue weighted by Crippen LogP contribution is -2.75. The molecule has 0 aliphatic rings. The van der Waals surface area contributed by atoms with Crippen molar-refractivity contribution in [1.82, 2.24) is 10.2 Å². The Balaban J connectivity index is 4.53. The molecule has 0 saturated heterocycles. The number of hydrogen-bond acceptors (Lipinski definition) is 4. The van der Waals surface area contributed by atoms with Crippen molar-refractivity contribution in [3.05, 3.63) is 0 Å². The van der Waals surface area contributed by atoms with Gasteiger partial charge in [0.15, 0.2) is 0 Å². The fraction of sp³-hybridized carbons (Fsp3) is 1.00. The van der Waals surface area contributed by atoms with Crippen molar-refractivity contribution in [2.24, 2.45) is 11.5 Å². The molecule has 0 unspecified atom stereocenters. The lowest BCUT2D eigenvalue weighted by Gasteiger charge is -2.45. The summed E-state index contributed by atoms with van der Waals surface area (Å²) in [7, 11) is 5.57. The molecule has 0 radical (unpaired) electrons. The largest absolute Gasteiger partial charge is 0.311 e. The molecule has 0 atom stereocenters. The first kappa shape index (κ1) is 10.8. The van der Waals surface area contributed by atoms with Crippen molar-refractivity contribution in [3.63, 3.8) is 0 Å². The van der Waals surface area contributed by atoms with Crippen molar-refractivity contribution >= 4 is 0 Å². The average molecular weight is 160 g/mol. The summed E-state index contributed by atoms with van der Waals surface area (Å²) in [5.41, 5.74) is 11.5. The molecule has 4 nitrogen and oxygen atoms in total. The molecule has 0 bridgehead atoms. The maximum Gasteiger partial charge on any atom is 0.138 e. The highest BCUT2D eigenvalue weighted by atomic mass is 15.4. The van der Waals surface area contributed by atoms with Crippen molar-refractivity contribution in [1.29, 1.82) is 0 Å². The molecule has 0 rings (SSSR count). The summed E-state index contributed by atoms with van der Waals surface area (Å²) in [6.45, 7) is 3.93. The van der Waals surface area contributed by atoms with Crippen molar-refractivity contribution < 1.29 is 0 Å². The quantitative estimate of drug-likeness (QED) is 0.469. The van der Waals surface area contributed by atoms with E-state index in [2.05, 4.69) is 5.32 Å². The van der Waals surface area contributed by atoms with E-state index in [1.807, 2.05) is 35.0 Å². The Kier molecular flexibility index (Phi) is 3.02. The number of nitrogens with two attached hydrogens (primary N) is 2. The number of nitrogens with zero attached hydrogens (tertiary/aromatic N) is 1. The Morgan fingerprint density at radius 1 is 1.18 bits per heavy atom. The summed E-state index contributed by atoms with van der Waals surface area (Å²) in [6.07, 6.45) is 0. The molecule has 0 amide bonds. The molecule has 68 valence electrons. The molecule has 0 aliphatic heterocycles. The molecule has 0 aromatic rings. The van der Waals surface area contributed by atoms with Gasteiger partial charge in [-0.25, -0.2) is 0 Å². The van der Waals surface area contributed by atoms with Gasteiger partial charge in [-0.1, -0.05) is 0 Å². The van der Waals surface area contributed by atoms with Crippen LogP contribution in [0.4, 0.5) is 0 Å². The van der Waals surface area contributed by atoms with Crippen LogP contribution in [0.25, 0.3) is 0 Å². The normalized spacial score (nSPS) is 14.2. The Morgan fingerprint density at radius 3 is 1.64 bits per heavy atom. The predicted octanol–water partition coefficient (Wildman–Crippen LogP) is -0.883. The van der Waals surface area contributed by atoms with E-state index in [1.54, 1.807) is 4.90 Å². The van der Waals surface area contributed by atoms with E-state index in [0.717, 1.165) is 0 Å². The molecule has 0 aromatic heterocycles. The van der Waals surface area contributed by atoms with Crippen LogP contribution in [0.5, 0.6) is 0 Å². The predicted molar refractivity (Wildman–Crippen MR) is 47.9 cm³/mol. The van der Waals surface area contributed by atoms with Crippen LogP contribution in [0, 0.1) is 0 Å². The van der Waals surface area contributed by atoms with Gasteiger partial charge in [-0.05, 0) is 35.0 Å². The van der Waals surface area contributed by atoms with Crippen LogP contribution >= 0.6 is 0 Å². The smallest absolute Gasteiger partial charge is 0.138 e. The number of rotatable bonds is 3. The Morgan fingerprint density at radius 2 is 1.55 bits per heavy atom. The first-order valence-electron chi connectivity index (χ1n) is 3.70. The number of likely N-dealkylation sites (N-methyl/N-ethyl adjacent to an activating group) is 2. The second kappa shape index (κ2) is 3.06. The van der Waals surface area contributed by atoms with E-state index in [-0.39, 0.29) is 5.54 Å². The van der Waals surface area contributed by atoms with Gasteiger partial charge in [0.05, 0.1) is 5.54 Å². The van der Waals surface area contributed by atoms with E-state index in [9.17, 15) is 0 Å². The maximum absolute atomic E-state index is 5.89. The molecule has 4 heteroatoms. The Bertz CT molecular complexity index is 128. The standard InChI is InChI=1S/C7H20N4/c1-6(2,10-3)7(8,9)11(4)5/h10H,8-9H2,1-5H3. The molecule has 0 heterocycles. The highest BCUT2D eigenvalue weighted by molar-refractivity contribution is 4.96. The summed E-state index contributed by atoms with van der Waals surface area (Å²) in [6, 6.07) is 0. The summed E-state index contributed by atoms with van der Waals surface area (Å²) in [5.74, 6) is -0.832. The van der Waals surface area contributed by atoms with E-state index >= 15 is 0 Å². The average Bonchev–Trinajstić information content (AvgIpc) is 1.87. The van der Waals surface area contributed by atoms with Crippen molar-refractivity contribution in [2.45, 2.75) is 25.2 Å². The molecule has 0 saturated carbocycles. The van der Waals surface area contributed by atoms with Gasteiger partial charge in [-0.15, -0.1) is 0 Å². The van der Waals surface area contributed by atoms with Crippen molar-refractivity contribution in [3.8, 4) is 0 Å². The minimum atomic E-state index is -0.832. The van der Waals surface area contributed by atoms with Crippen LogP contribution < -0.4 is 16.8 Å². The van der Waals surface area contributed by atoms with E-state index in [0.29, 0.717) is 0 Å². The van der Waals surface area contributed by atoms with Gasteiger partial charge < -0.3 is 5.32 Å². The second-order valence-electron chi connectivity index (χ2n) is 3.59. The Labute approximate surface area is 68.9 Å². The molecule has 0 aromatic carbocycles. The molecule has 0 aliphatic carbocycles. The third-order valence-electron chi connectivity index (χ3n) is 2.37. The van der Waals surface area contributed by atoms with Crippen LogP contribution in [0.1, 0.15) is 13.8 Å². The summed E-state index contributed by atoms with van der Waals surface area (Å²) < 4.78 is 0. The molecule has 0 fully saturated rings. The lowest BCUT2D eigenvalue weighted by atomic mass is 9.95. The van der Waals surface area contributed by atoms with Crippen molar-refractivity contribution in [2.75, 3.05) is 21.1 Å².